The monoisotopic (exact) mass is 283 g/mol. The summed E-state index contributed by atoms with van der Waals surface area (Å²) in [4.78, 5) is 0.552. The number of hydrogen-bond donors (Lipinski definition) is 1. The summed E-state index contributed by atoms with van der Waals surface area (Å²) in [5, 5.41) is 0. The molecule has 0 saturated carbocycles. The first-order valence-electron chi connectivity index (χ1n) is 5.65. The number of thioether (sulfide) groups is 1. The highest BCUT2D eigenvalue weighted by Crippen LogP contribution is 2.26. The minimum absolute atomic E-state index is 0.327. The van der Waals surface area contributed by atoms with Crippen molar-refractivity contribution in [1.29, 1.82) is 0 Å². The van der Waals surface area contributed by atoms with Crippen LogP contribution in [-0.4, -0.2) is 0 Å². The van der Waals surface area contributed by atoms with Crippen LogP contribution < -0.4 is 5.73 Å². The minimum Gasteiger partial charge on any atom is -0.326 e. The smallest absolute Gasteiger partial charge is 0.159 e. The first-order chi connectivity index (χ1) is 9.10. The van der Waals surface area contributed by atoms with Gasteiger partial charge in [0.2, 0.25) is 0 Å². The standard InChI is InChI=1S/C14H12F3NS/c15-12-3-1-9(7-18)5-10(12)8-19-11-2-4-13(16)14(17)6-11/h1-6H,7-8,18H2. The predicted octanol–water partition coefficient (Wildman–Crippen LogP) is 3.85. The fraction of sp³-hybridized carbons (Fsp3) is 0.143. The quantitative estimate of drug-likeness (QED) is 0.862. The molecule has 0 aliphatic carbocycles. The highest BCUT2D eigenvalue weighted by Gasteiger charge is 2.06. The van der Waals surface area contributed by atoms with Crippen molar-refractivity contribution in [2.45, 2.75) is 17.2 Å². The van der Waals surface area contributed by atoms with Gasteiger partial charge in [-0.25, -0.2) is 13.2 Å². The van der Waals surface area contributed by atoms with Crippen LogP contribution in [-0.2, 0) is 12.3 Å². The molecule has 0 aromatic heterocycles. The highest BCUT2D eigenvalue weighted by atomic mass is 32.2. The summed E-state index contributed by atoms with van der Waals surface area (Å²) in [7, 11) is 0. The maximum atomic E-state index is 13.6. The van der Waals surface area contributed by atoms with Crippen molar-refractivity contribution in [2.24, 2.45) is 5.73 Å². The van der Waals surface area contributed by atoms with E-state index in [0.717, 1.165) is 17.7 Å². The maximum Gasteiger partial charge on any atom is 0.159 e. The Morgan fingerprint density at radius 2 is 1.63 bits per heavy atom. The van der Waals surface area contributed by atoms with Crippen LogP contribution in [0.2, 0.25) is 0 Å². The number of nitrogens with two attached hydrogens (primary N) is 1. The van der Waals surface area contributed by atoms with Crippen molar-refractivity contribution < 1.29 is 13.2 Å². The molecule has 2 aromatic rings. The normalized spacial score (nSPS) is 10.7. The van der Waals surface area contributed by atoms with E-state index >= 15 is 0 Å². The van der Waals surface area contributed by atoms with Crippen molar-refractivity contribution in [3.8, 4) is 0 Å². The summed E-state index contributed by atoms with van der Waals surface area (Å²) < 4.78 is 39.4. The molecule has 0 saturated heterocycles. The van der Waals surface area contributed by atoms with Gasteiger partial charge in [-0.15, -0.1) is 11.8 Å². The zero-order valence-electron chi connectivity index (χ0n) is 10.00. The molecule has 1 nitrogen and oxygen atoms in total. The van der Waals surface area contributed by atoms with E-state index in [1.165, 1.54) is 23.9 Å². The van der Waals surface area contributed by atoms with Gasteiger partial charge in [-0.3, -0.25) is 0 Å². The number of benzene rings is 2. The van der Waals surface area contributed by atoms with Gasteiger partial charge in [-0.2, -0.15) is 0 Å². The van der Waals surface area contributed by atoms with Gasteiger partial charge in [0.15, 0.2) is 11.6 Å². The van der Waals surface area contributed by atoms with Gasteiger partial charge >= 0.3 is 0 Å². The van der Waals surface area contributed by atoms with Crippen LogP contribution in [0.1, 0.15) is 11.1 Å². The lowest BCUT2D eigenvalue weighted by atomic mass is 10.1. The summed E-state index contributed by atoms with van der Waals surface area (Å²) in [5.74, 6) is -1.78. The van der Waals surface area contributed by atoms with E-state index < -0.39 is 11.6 Å². The number of hydrogen-bond acceptors (Lipinski definition) is 2. The van der Waals surface area contributed by atoms with E-state index in [-0.39, 0.29) is 5.82 Å². The van der Waals surface area contributed by atoms with Crippen LogP contribution in [0.25, 0.3) is 0 Å². The third-order valence-corrected chi connectivity index (χ3v) is 3.67. The summed E-state index contributed by atoms with van der Waals surface area (Å²) in [6.45, 7) is 0.336. The Hall–Kier alpha value is -1.46. The topological polar surface area (TPSA) is 26.0 Å². The Morgan fingerprint density at radius 1 is 0.895 bits per heavy atom. The maximum absolute atomic E-state index is 13.6. The van der Waals surface area contributed by atoms with Crippen molar-refractivity contribution in [3.63, 3.8) is 0 Å². The Balaban J connectivity index is 2.11. The molecule has 0 bridgehead atoms. The molecule has 5 heteroatoms. The fourth-order valence-corrected chi connectivity index (χ4v) is 2.49. The summed E-state index contributed by atoms with van der Waals surface area (Å²) in [5.41, 5.74) is 6.83. The van der Waals surface area contributed by atoms with Crippen molar-refractivity contribution in [1.82, 2.24) is 0 Å². The molecular weight excluding hydrogens is 271 g/mol. The first-order valence-corrected chi connectivity index (χ1v) is 6.64. The van der Waals surface area contributed by atoms with Gasteiger partial charge in [-0.05, 0) is 35.4 Å². The van der Waals surface area contributed by atoms with Gasteiger partial charge in [0, 0.05) is 17.2 Å². The van der Waals surface area contributed by atoms with Gasteiger partial charge in [0.25, 0.3) is 0 Å². The SMILES string of the molecule is NCc1ccc(F)c(CSc2ccc(F)c(F)c2)c1. The molecule has 2 N–H and O–H groups in total. The van der Waals surface area contributed by atoms with E-state index in [2.05, 4.69) is 0 Å². The zero-order chi connectivity index (χ0) is 13.8. The number of rotatable bonds is 4. The molecule has 0 spiro atoms. The molecular formula is C14H12F3NS. The summed E-state index contributed by atoms with van der Waals surface area (Å²) in [6, 6.07) is 8.30. The van der Waals surface area contributed by atoms with Crippen LogP contribution in [0, 0.1) is 17.5 Å². The zero-order valence-corrected chi connectivity index (χ0v) is 10.8. The van der Waals surface area contributed by atoms with Crippen LogP contribution in [0.4, 0.5) is 13.2 Å². The lowest BCUT2D eigenvalue weighted by Crippen LogP contribution is -1.98. The van der Waals surface area contributed by atoms with E-state index in [1.54, 1.807) is 12.1 Å². The Bertz CT molecular complexity index is 587. The van der Waals surface area contributed by atoms with Gasteiger partial charge < -0.3 is 5.73 Å². The number of halogens is 3. The third kappa shape index (κ3) is 3.52. The third-order valence-electron chi connectivity index (χ3n) is 2.63. The second-order valence-electron chi connectivity index (χ2n) is 3.99. The lowest BCUT2D eigenvalue weighted by molar-refractivity contribution is 0.506. The average Bonchev–Trinajstić information content (AvgIpc) is 2.41. The molecule has 0 aliphatic heterocycles. The molecule has 0 aliphatic rings. The Kier molecular flexibility index (Phi) is 4.50. The van der Waals surface area contributed by atoms with Crippen LogP contribution >= 0.6 is 11.8 Å². The molecule has 0 unspecified atom stereocenters. The van der Waals surface area contributed by atoms with Crippen molar-refractivity contribution >= 4 is 11.8 Å². The summed E-state index contributed by atoms with van der Waals surface area (Å²) in [6.07, 6.45) is 0. The van der Waals surface area contributed by atoms with Crippen LogP contribution in [0.5, 0.6) is 0 Å². The van der Waals surface area contributed by atoms with E-state index in [4.69, 9.17) is 5.73 Å². The molecule has 0 radical (unpaired) electrons. The predicted molar refractivity (Wildman–Crippen MR) is 70.2 cm³/mol. The van der Waals surface area contributed by atoms with Gasteiger partial charge in [-0.1, -0.05) is 12.1 Å². The molecule has 0 fully saturated rings. The van der Waals surface area contributed by atoms with Crippen LogP contribution in [0.3, 0.4) is 0 Å². The van der Waals surface area contributed by atoms with E-state index in [0.29, 0.717) is 22.8 Å². The van der Waals surface area contributed by atoms with E-state index in [9.17, 15) is 13.2 Å². The molecule has 0 amide bonds. The Morgan fingerprint density at radius 3 is 2.32 bits per heavy atom. The fourth-order valence-electron chi connectivity index (χ4n) is 1.59. The van der Waals surface area contributed by atoms with Gasteiger partial charge in [0.1, 0.15) is 5.82 Å². The van der Waals surface area contributed by atoms with E-state index in [1.807, 2.05) is 0 Å². The molecule has 0 heterocycles. The molecule has 100 valence electrons. The van der Waals surface area contributed by atoms with Crippen molar-refractivity contribution in [3.05, 3.63) is 65.0 Å². The summed E-state index contributed by atoms with van der Waals surface area (Å²) >= 11 is 1.24. The Labute approximate surface area is 113 Å². The highest BCUT2D eigenvalue weighted by molar-refractivity contribution is 7.98. The molecule has 2 aromatic carbocycles. The van der Waals surface area contributed by atoms with Crippen molar-refractivity contribution in [2.75, 3.05) is 0 Å². The molecule has 19 heavy (non-hydrogen) atoms. The largest absolute Gasteiger partial charge is 0.326 e. The van der Waals surface area contributed by atoms with Crippen LogP contribution in [0.15, 0.2) is 41.3 Å². The molecule has 0 atom stereocenters. The molecule has 2 rings (SSSR count). The first kappa shape index (κ1) is 14.0. The minimum atomic E-state index is -0.902. The second-order valence-corrected chi connectivity index (χ2v) is 5.04. The average molecular weight is 283 g/mol. The van der Waals surface area contributed by atoms with Gasteiger partial charge in [0.05, 0.1) is 0 Å². The lowest BCUT2D eigenvalue weighted by Gasteiger charge is -2.06. The second kappa shape index (κ2) is 6.12.